The van der Waals surface area contributed by atoms with Gasteiger partial charge in [-0.2, -0.15) is 11.3 Å². The lowest BCUT2D eigenvalue weighted by Crippen LogP contribution is -2.46. The highest BCUT2D eigenvalue weighted by molar-refractivity contribution is 7.08. The number of ether oxygens (including phenoxy) is 1. The zero-order chi connectivity index (χ0) is 20.8. The Morgan fingerprint density at radius 2 is 1.70 bits per heavy atom. The molecule has 0 radical (unpaired) electrons. The summed E-state index contributed by atoms with van der Waals surface area (Å²) in [5.41, 5.74) is 2.46. The van der Waals surface area contributed by atoms with E-state index in [2.05, 4.69) is 5.32 Å². The number of carbonyl (C=O) groups is 2. The van der Waals surface area contributed by atoms with E-state index in [1.54, 1.807) is 0 Å². The van der Waals surface area contributed by atoms with Gasteiger partial charge in [0.25, 0.3) is 11.8 Å². The average molecular weight is 421 g/mol. The van der Waals surface area contributed by atoms with Gasteiger partial charge in [0.15, 0.2) is 0 Å². The van der Waals surface area contributed by atoms with Gasteiger partial charge in [0.2, 0.25) is 0 Å². The van der Waals surface area contributed by atoms with Crippen LogP contribution in [0.1, 0.15) is 39.1 Å². The van der Waals surface area contributed by atoms with Crippen molar-refractivity contribution in [2.45, 2.75) is 25.5 Å². The molecule has 6 heteroatoms. The number of amides is 2. The molecule has 2 amide bonds. The molecule has 5 nitrogen and oxygen atoms in total. The van der Waals surface area contributed by atoms with E-state index in [4.69, 9.17) is 4.74 Å². The van der Waals surface area contributed by atoms with Gasteiger partial charge in [-0.25, -0.2) is 0 Å². The Kier molecular flexibility index (Phi) is 6.44. The highest BCUT2D eigenvalue weighted by Gasteiger charge is 2.25. The third-order valence-electron chi connectivity index (χ3n) is 5.25. The minimum atomic E-state index is -0.0351. The Balaban J connectivity index is 1.26. The summed E-state index contributed by atoms with van der Waals surface area (Å²) < 4.78 is 5.79. The van der Waals surface area contributed by atoms with Crippen molar-refractivity contribution in [2.24, 2.45) is 0 Å². The number of hydrogen-bond acceptors (Lipinski definition) is 4. The first-order chi connectivity index (χ1) is 14.7. The molecule has 0 bridgehead atoms. The molecule has 0 spiro atoms. The third kappa shape index (κ3) is 5.07. The summed E-state index contributed by atoms with van der Waals surface area (Å²) in [5.74, 6) is 0.726. The van der Waals surface area contributed by atoms with Crippen molar-refractivity contribution < 1.29 is 14.3 Å². The van der Waals surface area contributed by atoms with Crippen LogP contribution in [0.25, 0.3) is 0 Å². The summed E-state index contributed by atoms with van der Waals surface area (Å²) in [7, 11) is 0. The minimum absolute atomic E-state index is 0.0206. The van der Waals surface area contributed by atoms with Crippen molar-refractivity contribution in [1.29, 1.82) is 0 Å². The van der Waals surface area contributed by atoms with Gasteiger partial charge in [0, 0.05) is 35.6 Å². The molecule has 0 saturated carbocycles. The van der Waals surface area contributed by atoms with Gasteiger partial charge in [0.05, 0.1) is 0 Å². The van der Waals surface area contributed by atoms with Crippen LogP contribution >= 0.6 is 11.3 Å². The third-order valence-corrected chi connectivity index (χ3v) is 5.93. The Morgan fingerprint density at radius 3 is 2.37 bits per heavy atom. The molecule has 1 saturated heterocycles. The molecule has 1 aliphatic heterocycles. The number of rotatable bonds is 6. The maximum absolute atomic E-state index is 12.8. The Labute approximate surface area is 180 Å². The number of piperidine rings is 1. The van der Waals surface area contributed by atoms with Crippen LogP contribution < -0.4 is 10.1 Å². The van der Waals surface area contributed by atoms with Gasteiger partial charge in [0.1, 0.15) is 12.4 Å². The fourth-order valence-corrected chi connectivity index (χ4v) is 4.14. The van der Waals surface area contributed by atoms with E-state index < -0.39 is 0 Å². The smallest absolute Gasteiger partial charge is 0.253 e. The lowest BCUT2D eigenvalue weighted by Gasteiger charge is -2.32. The average Bonchev–Trinajstić information content (AvgIpc) is 3.34. The van der Waals surface area contributed by atoms with Crippen molar-refractivity contribution in [3.8, 4) is 5.75 Å². The number of nitrogens with zero attached hydrogens (tertiary/aromatic N) is 1. The zero-order valence-corrected chi connectivity index (χ0v) is 17.4. The molecule has 154 valence electrons. The first-order valence-corrected chi connectivity index (χ1v) is 11.0. The molecular formula is C24H24N2O3S. The van der Waals surface area contributed by atoms with Gasteiger partial charge in [-0.15, -0.1) is 0 Å². The topological polar surface area (TPSA) is 58.6 Å². The number of benzene rings is 2. The van der Waals surface area contributed by atoms with Crippen LogP contribution in [-0.2, 0) is 6.61 Å². The summed E-state index contributed by atoms with van der Waals surface area (Å²) in [5, 5.41) is 6.81. The maximum atomic E-state index is 12.8. The normalized spacial score (nSPS) is 14.3. The van der Waals surface area contributed by atoms with Crippen molar-refractivity contribution in [3.05, 3.63) is 88.1 Å². The van der Waals surface area contributed by atoms with E-state index in [0.717, 1.165) is 24.2 Å². The molecule has 3 aromatic rings. The second-order valence-electron chi connectivity index (χ2n) is 7.35. The van der Waals surface area contributed by atoms with Gasteiger partial charge < -0.3 is 15.0 Å². The van der Waals surface area contributed by atoms with E-state index in [1.807, 2.05) is 76.3 Å². The van der Waals surface area contributed by atoms with Crippen LogP contribution in [0.4, 0.5) is 0 Å². The van der Waals surface area contributed by atoms with Gasteiger partial charge in [-0.05, 0) is 54.1 Å². The van der Waals surface area contributed by atoms with Crippen molar-refractivity contribution in [1.82, 2.24) is 10.2 Å². The Morgan fingerprint density at radius 1 is 0.967 bits per heavy atom. The molecule has 2 aromatic carbocycles. The SMILES string of the molecule is O=C(NC1CCN(C(=O)c2ccc(OCc3ccccc3)cc2)CC1)c1ccsc1. The number of carbonyl (C=O) groups excluding carboxylic acids is 2. The van der Waals surface area contributed by atoms with Crippen LogP contribution in [-0.4, -0.2) is 35.8 Å². The number of hydrogen-bond donors (Lipinski definition) is 1. The quantitative estimate of drug-likeness (QED) is 0.645. The zero-order valence-electron chi connectivity index (χ0n) is 16.6. The molecule has 0 unspecified atom stereocenters. The van der Waals surface area contributed by atoms with Gasteiger partial charge >= 0.3 is 0 Å². The van der Waals surface area contributed by atoms with E-state index in [0.29, 0.717) is 30.8 Å². The van der Waals surface area contributed by atoms with Crippen LogP contribution in [0.3, 0.4) is 0 Å². The molecule has 0 aliphatic carbocycles. The molecule has 2 heterocycles. The van der Waals surface area contributed by atoms with Crippen LogP contribution in [0.15, 0.2) is 71.4 Å². The van der Waals surface area contributed by atoms with E-state index in [9.17, 15) is 9.59 Å². The molecule has 1 aliphatic rings. The Bertz CT molecular complexity index is 963. The number of thiophene rings is 1. The number of likely N-dealkylation sites (tertiary alicyclic amines) is 1. The first-order valence-electron chi connectivity index (χ1n) is 10.1. The fraction of sp³-hybridized carbons (Fsp3) is 0.250. The highest BCUT2D eigenvalue weighted by Crippen LogP contribution is 2.18. The van der Waals surface area contributed by atoms with E-state index in [1.165, 1.54) is 11.3 Å². The Hall–Kier alpha value is -3.12. The lowest BCUT2D eigenvalue weighted by molar-refractivity contribution is 0.0698. The van der Waals surface area contributed by atoms with Crippen molar-refractivity contribution in [2.75, 3.05) is 13.1 Å². The molecule has 1 fully saturated rings. The van der Waals surface area contributed by atoms with Gasteiger partial charge in [-0.3, -0.25) is 9.59 Å². The van der Waals surface area contributed by atoms with E-state index >= 15 is 0 Å². The largest absolute Gasteiger partial charge is 0.489 e. The first kappa shape index (κ1) is 20.2. The van der Waals surface area contributed by atoms with Crippen molar-refractivity contribution >= 4 is 23.2 Å². The predicted octanol–water partition coefficient (Wildman–Crippen LogP) is 4.36. The summed E-state index contributed by atoms with van der Waals surface area (Å²) in [6, 6.07) is 19.2. The fourth-order valence-electron chi connectivity index (χ4n) is 3.51. The van der Waals surface area contributed by atoms with E-state index in [-0.39, 0.29) is 17.9 Å². The predicted molar refractivity (Wildman–Crippen MR) is 118 cm³/mol. The monoisotopic (exact) mass is 420 g/mol. The second kappa shape index (κ2) is 9.59. The van der Waals surface area contributed by atoms with Crippen LogP contribution in [0.5, 0.6) is 5.75 Å². The second-order valence-corrected chi connectivity index (χ2v) is 8.13. The highest BCUT2D eigenvalue weighted by atomic mass is 32.1. The van der Waals surface area contributed by atoms with Crippen LogP contribution in [0, 0.1) is 0 Å². The molecule has 30 heavy (non-hydrogen) atoms. The minimum Gasteiger partial charge on any atom is -0.489 e. The molecular weight excluding hydrogens is 396 g/mol. The molecule has 4 rings (SSSR count). The molecule has 1 N–H and O–H groups in total. The van der Waals surface area contributed by atoms with Crippen LogP contribution in [0.2, 0.25) is 0 Å². The maximum Gasteiger partial charge on any atom is 0.253 e. The lowest BCUT2D eigenvalue weighted by atomic mass is 10.0. The van der Waals surface area contributed by atoms with Gasteiger partial charge in [-0.1, -0.05) is 30.3 Å². The van der Waals surface area contributed by atoms with Crippen molar-refractivity contribution in [3.63, 3.8) is 0 Å². The molecule has 0 atom stereocenters. The summed E-state index contributed by atoms with van der Waals surface area (Å²) in [6.07, 6.45) is 1.53. The summed E-state index contributed by atoms with van der Waals surface area (Å²) in [4.78, 5) is 26.8. The number of nitrogens with one attached hydrogen (secondary N) is 1. The summed E-state index contributed by atoms with van der Waals surface area (Å²) in [6.45, 7) is 1.78. The molecule has 1 aromatic heterocycles. The summed E-state index contributed by atoms with van der Waals surface area (Å²) >= 11 is 1.51. The standard InChI is InChI=1S/C24H24N2O3S/c27-23(20-12-15-30-17-20)25-21-10-13-26(14-11-21)24(28)19-6-8-22(9-7-19)29-16-18-4-2-1-3-5-18/h1-9,12,15,17,21H,10-11,13-14,16H2,(H,25,27).